The smallest absolute Gasteiger partial charge is 0.0751 e. The van der Waals surface area contributed by atoms with Crippen molar-refractivity contribution in [3.8, 4) is 0 Å². The molecule has 0 heterocycles. The first-order valence-corrected chi connectivity index (χ1v) is 2.83. The predicted octanol–water partition coefficient (Wildman–Crippen LogP) is 1.30. The molecule has 0 unspecified atom stereocenters. The summed E-state index contributed by atoms with van der Waals surface area (Å²) in [5.41, 5.74) is 3.83. The van der Waals surface area contributed by atoms with Crippen LogP contribution in [0.2, 0.25) is 0 Å². The van der Waals surface area contributed by atoms with Crippen molar-refractivity contribution < 1.29 is 0 Å². The highest BCUT2D eigenvalue weighted by molar-refractivity contribution is 6.28. The van der Waals surface area contributed by atoms with E-state index in [1.807, 2.05) is 0 Å². The quantitative estimate of drug-likeness (QED) is 0.342. The molecule has 0 aliphatic carbocycles. The Morgan fingerprint density at radius 3 is 2.70 bits per heavy atom. The number of hydrazone groups is 1. The van der Waals surface area contributed by atoms with Gasteiger partial charge in [0.15, 0.2) is 0 Å². The Hall–Kier alpha value is -1.38. The average molecular weight is 137 g/mol. The maximum absolute atomic E-state index is 6.76. The highest BCUT2D eigenvalue weighted by Crippen LogP contribution is 1.82. The number of nitrogens with zero attached hydrogens (tertiary/aromatic N) is 1. The minimum absolute atomic E-state index is 0.600. The monoisotopic (exact) mass is 137 g/mol. The van der Waals surface area contributed by atoms with Gasteiger partial charge in [-0.3, -0.25) is 5.43 Å². The van der Waals surface area contributed by atoms with Crippen molar-refractivity contribution in [3.05, 3.63) is 24.9 Å². The van der Waals surface area contributed by atoms with Crippen molar-refractivity contribution in [2.45, 2.75) is 6.92 Å². The molecule has 3 nitrogen and oxygen atoms in total. The summed E-state index contributed by atoms with van der Waals surface area (Å²) in [5, 5.41) is 10.5. The van der Waals surface area contributed by atoms with Crippen LogP contribution in [0.5, 0.6) is 0 Å². The second-order valence-corrected chi connectivity index (χ2v) is 1.74. The Morgan fingerprint density at radius 1 is 1.70 bits per heavy atom. The first-order valence-electron chi connectivity index (χ1n) is 2.83. The Morgan fingerprint density at radius 2 is 2.30 bits per heavy atom. The van der Waals surface area contributed by atoms with Crippen molar-refractivity contribution in [2.75, 3.05) is 0 Å². The summed E-state index contributed by atoms with van der Waals surface area (Å²) >= 11 is 0. The summed E-state index contributed by atoms with van der Waals surface area (Å²) < 4.78 is 0. The summed E-state index contributed by atoms with van der Waals surface area (Å²) in [5.74, 6) is 0. The van der Waals surface area contributed by atoms with E-state index in [0.29, 0.717) is 11.4 Å². The fourth-order valence-corrected chi connectivity index (χ4v) is 0.238. The minimum atomic E-state index is 0.600. The molecule has 0 saturated carbocycles. The van der Waals surface area contributed by atoms with E-state index < -0.39 is 0 Å². The number of allylic oxidation sites excluding steroid dienone is 1. The molecule has 0 atom stereocenters. The lowest BCUT2D eigenvalue weighted by Crippen LogP contribution is -2.05. The molecule has 0 rings (SSSR count). The van der Waals surface area contributed by atoms with E-state index in [1.165, 1.54) is 0 Å². The van der Waals surface area contributed by atoms with Gasteiger partial charge in [-0.2, -0.15) is 5.10 Å². The number of nitrogens with one attached hydrogen (secondary N) is 2. The van der Waals surface area contributed by atoms with Crippen LogP contribution < -0.4 is 5.43 Å². The molecule has 0 amide bonds. The number of hydrogen-bond donors (Lipinski definition) is 2. The van der Waals surface area contributed by atoms with Gasteiger partial charge in [0.1, 0.15) is 0 Å². The van der Waals surface area contributed by atoms with E-state index in [9.17, 15) is 0 Å². The van der Waals surface area contributed by atoms with Crippen molar-refractivity contribution in [1.29, 1.82) is 5.41 Å². The summed E-state index contributed by atoms with van der Waals surface area (Å²) in [7, 11) is 0. The maximum Gasteiger partial charge on any atom is 0.0751 e. The van der Waals surface area contributed by atoms with Crippen molar-refractivity contribution in [1.82, 2.24) is 5.43 Å². The zero-order valence-electron chi connectivity index (χ0n) is 6.02. The van der Waals surface area contributed by atoms with Crippen LogP contribution in [0.4, 0.5) is 0 Å². The second kappa shape index (κ2) is 4.49. The van der Waals surface area contributed by atoms with E-state index in [2.05, 4.69) is 23.7 Å². The summed E-state index contributed by atoms with van der Waals surface area (Å²) in [4.78, 5) is 0. The first kappa shape index (κ1) is 8.62. The maximum atomic E-state index is 6.76. The highest BCUT2D eigenvalue weighted by atomic mass is 15.3. The van der Waals surface area contributed by atoms with E-state index in [1.54, 1.807) is 13.0 Å². The van der Waals surface area contributed by atoms with Crippen LogP contribution in [0.15, 0.2) is 30.0 Å². The van der Waals surface area contributed by atoms with Crippen LogP contribution in [0.1, 0.15) is 6.92 Å². The SMILES string of the molecule is C=CC(=C)N/N=C(/C)C=N. The molecular weight excluding hydrogens is 126 g/mol. The van der Waals surface area contributed by atoms with E-state index in [-0.39, 0.29) is 0 Å². The zero-order valence-corrected chi connectivity index (χ0v) is 6.02. The zero-order chi connectivity index (χ0) is 7.98. The number of hydrogen-bond acceptors (Lipinski definition) is 3. The third-order valence-corrected chi connectivity index (χ3v) is 0.831. The summed E-state index contributed by atoms with van der Waals surface area (Å²) in [6.45, 7) is 8.76. The molecule has 0 aromatic rings. The molecular formula is C7H11N3. The van der Waals surface area contributed by atoms with Gasteiger partial charge in [0, 0.05) is 11.9 Å². The Bertz CT molecular complexity index is 179. The van der Waals surface area contributed by atoms with Crippen LogP contribution in [-0.2, 0) is 0 Å². The van der Waals surface area contributed by atoms with Gasteiger partial charge in [-0.05, 0) is 13.0 Å². The Kier molecular flexibility index (Phi) is 3.87. The van der Waals surface area contributed by atoms with Crippen LogP contribution in [0.3, 0.4) is 0 Å². The van der Waals surface area contributed by atoms with Crippen LogP contribution in [0, 0.1) is 5.41 Å². The first-order chi connectivity index (χ1) is 4.70. The van der Waals surface area contributed by atoms with Crippen molar-refractivity contribution >= 4 is 11.9 Å². The minimum Gasteiger partial charge on any atom is -0.307 e. The average Bonchev–Trinajstić information content (AvgIpc) is 1.99. The molecule has 0 aromatic carbocycles. The predicted molar refractivity (Wildman–Crippen MR) is 44.4 cm³/mol. The Balaban J connectivity index is 3.82. The van der Waals surface area contributed by atoms with E-state index in [4.69, 9.17) is 5.41 Å². The Labute approximate surface area is 60.7 Å². The van der Waals surface area contributed by atoms with Gasteiger partial charge in [-0.15, -0.1) is 0 Å². The molecule has 0 spiro atoms. The van der Waals surface area contributed by atoms with Gasteiger partial charge in [0.2, 0.25) is 0 Å². The van der Waals surface area contributed by atoms with Gasteiger partial charge < -0.3 is 5.41 Å². The van der Waals surface area contributed by atoms with Gasteiger partial charge in [-0.25, -0.2) is 0 Å². The lowest BCUT2D eigenvalue weighted by Gasteiger charge is -1.96. The molecule has 0 aliphatic rings. The van der Waals surface area contributed by atoms with Crippen LogP contribution >= 0.6 is 0 Å². The summed E-state index contributed by atoms with van der Waals surface area (Å²) in [6, 6.07) is 0. The van der Waals surface area contributed by atoms with Crippen molar-refractivity contribution in [3.63, 3.8) is 0 Å². The van der Waals surface area contributed by atoms with E-state index in [0.717, 1.165) is 6.21 Å². The largest absolute Gasteiger partial charge is 0.307 e. The molecule has 54 valence electrons. The molecule has 0 radical (unpaired) electrons. The normalized spacial score (nSPS) is 10.3. The molecule has 10 heavy (non-hydrogen) atoms. The molecule has 0 fully saturated rings. The molecule has 3 heteroatoms. The van der Waals surface area contributed by atoms with Crippen molar-refractivity contribution in [2.24, 2.45) is 5.10 Å². The molecule has 0 aliphatic heterocycles. The number of rotatable bonds is 4. The lowest BCUT2D eigenvalue weighted by molar-refractivity contribution is 0.925. The lowest BCUT2D eigenvalue weighted by atomic mass is 10.5. The van der Waals surface area contributed by atoms with Crippen LogP contribution in [-0.4, -0.2) is 11.9 Å². The second-order valence-electron chi connectivity index (χ2n) is 1.74. The van der Waals surface area contributed by atoms with E-state index >= 15 is 0 Å². The molecule has 0 aromatic heterocycles. The molecule has 0 bridgehead atoms. The third kappa shape index (κ3) is 3.60. The van der Waals surface area contributed by atoms with Gasteiger partial charge in [0.05, 0.1) is 5.71 Å². The van der Waals surface area contributed by atoms with Gasteiger partial charge in [0.25, 0.3) is 0 Å². The molecule has 0 saturated heterocycles. The topological polar surface area (TPSA) is 48.2 Å². The third-order valence-electron chi connectivity index (χ3n) is 0.831. The van der Waals surface area contributed by atoms with Gasteiger partial charge >= 0.3 is 0 Å². The highest BCUT2D eigenvalue weighted by Gasteiger charge is 1.82. The summed E-state index contributed by atoms with van der Waals surface area (Å²) in [6.07, 6.45) is 2.71. The van der Waals surface area contributed by atoms with Gasteiger partial charge in [-0.1, -0.05) is 13.2 Å². The standard InChI is InChI=1S/C7H11N3/c1-4-6(2)9-10-7(3)5-8/h4-5,8-9H,1-2H2,3H3/b8-5?,10-7-. The van der Waals surface area contributed by atoms with Crippen LogP contribution in [0.25, 0.3) is 0 Å². The molecule has 2 N–H and O–H groups in total. The fraction of sp³-hybridized carbons (Fsp3) is 0.143. The fourth-order valence-electron chi connectivity index (χ4n) is 0.238.